The van der Waals surface area contributed by atoms with Crippen molar-refractivity contribution in [2.24, 2.45) is 5.73 Å². The third-order valence-corrected chi connectivity index (χ3v) is 6.59. The average Bonchev–Trinajstić information content (AvgIpc) is 3.25. The molecule has 1 aromatic heterocycles. The van der Waals surface area contributed by atoms with Crippen LogP contribution < -0.4 is 5.73 Å². The maximum Gasteiger partial charge on any atom is 0.227 e. The van der Waals surface area contributed by atoms with Gasteiger partial charge in [-0.15, -0.1) is 12.4 Å². The fraction of sp³-hybridized carbons (Fsp3) is 0.500. The Morgan fingerprint density at radius 2 is 1.83 bits per heavy atom. The third-order valence-electron chi connectivity index (χ3n) is 4.33. The molecular formula is C16H22ClN3O3S. The van der Waals surface area contributed by atoms with Gasteiger partial charge in [-0.25, -0.2) is 8.42 Å². The van der Waals surface area contributed by atoms with Crippen molar-refractivity contribution in [1.29, 1.82) is 0 Å². The predicted molar refractivity (Wildman–Crippen MR) is 94.6 cm³/mol. The fourth-order valence-electron chi connectivity index (χ4n) is 2.91. The monoisotopic (exact) mass is 371 g/mol. The number of hydrogen-bond acceptors (Lipinski definition) is 6. The summed E-state index contributed by atoms with van der Waals surface area (Å²) in [7, 11) is -3.06. The molecule has 6 nitrogen and oxygen atoms in total. The number of hydrogen-bond donors (Lipinski definition) is 1. The summed E-state index contributed by atoms with van der Waals surface area (Å²) in [6.45, 7) is 0.483. The van der Waals surface area contributed by atoms with Gasteiger partial charge in [0, 0.05) is 18.5 Å². The molecule has 8 heteroatoms. The number of nitrogens with zero attached hydrogens (tertiary/aromatic N) is 2. The summed E-state index contributed by atoms with van der Waals surface area (Å²) in [5.41, 5.74) is 7.43. The van der Waals surface area contributed by atoms with Gasteiger partial charge in [0.25, 0.3) is 0 Å². The maximum absolute atomic E-state index is 12.3. The van der Waals surface area contributed by atoms with Crippen LogP contribution in [0.1, 0.15) is 37.1 Å². The molecule has 0 radical (unpaired) electrons. The minimum Gasteiger partial charge on any atom is -0.339 e. The van der Waals surface area contributed by atoms with Gasteiger partial charge in [0.1, 0.15) is 0 Å². The van der Waals surface area contributed by atoms with Gasteiger partial charge in [-0.05, 0) is 18.4 Å². The van der Waals surface area contributed by atoms with E-state index < -0.39 is 9.84 Å². The molecule has 0 spiro atoms. The van der Waals surface area contributed by atoms with E-state index in [-0.39, 0.29) is 29.8 Å². The van der Waals surface area contributed by atoms with E-state index in [0.29, 0.717) is 18.3 Å². The number of nitrogens with two attached hydrogens (primary N) is 1. The summed E-state index contributed by atoms with van der Waals surface area (Å²) in [4.78, 5) is 4.29. The molecule has 1 aliphatic rings. The lowest BCUT2D eigenvalue weighted by Crippen LogP contribution is -2.22. The fourth-order valence-corrected chi connectivity index (χ4v) is 4.75. The van der Waals surface area contributed by atoms with Crippen LogP contribution in [0.2, 0.25) is 0 Å². The molecule has 2 N–H and O–H groups in total. The van der Waals surface area contributed by atoms with Gasteiger partial charge in [0.2, 0.25) is 11.7 Å². The van der Waals surface area contributed by atoms with Gasteiger partial charge in [-0.2, -0.15) is 4.98 Å². The first-order valence-corrected chi connectivity index (χ1v) is 9.63. The summed E-state index contributed by atoms with van der Waals surface area (Å²) in [5, 5.41) is 3.74. The van der Waals surface area contributed by atoms with Crippen molar-refractivity contribution in [3.63, 3.8) is 0 Å². The molecule has 132 valence electrons. The summed E-state index contributed by atoms with van der Waals surface area (Å²) >= 11 is 0. The summed E-state index contributed by atoms with van der Waals surface area (Å²) < 4.78 is 29.7. The lowest BCUT2D eigenvalue weighted by atomic mass is 10.1. The van der Waals surface area contributed by atoms with Crippen LogP contribution in [-0.4, -0.2) is 29.6 Å². The molecule has 0 amide bonds. The van der Waals surface area contributed by atoms with Crippen LogP contribution in [0.3, 0.4) is 0 Å². The Hall–Kier alpha value is -1.44. The highest BCUT2D eigenvalue weighted by Gasteiger charge is 2.28. The zero-order valence-corrected chi connectivity index (χ0v) is 15.0. The van der Waals surface area contributed by atoms with E-state index in [0.717, 1.165) is 36.8 Å². The second-order valence-electron chi connectivity index (χ2n) is 5.94. The van der Waals surface area contributed by atoms with E-state index in [4.69, 9.17) is 10.3 Å². The Kier molecular flexibility index (Phi) is 6.37. The number of benzene rings is 1. The molecule has 2 aromatic rings. The van der Waals surface area contributed by atoms with Crippen LogP contribution >= 0.6 is 12.4 Å². The highest BCUT2D eigenvalue weighted by Crippen LogP contribution is 2.25. The minimum absolute atomic E-state index is 0. The topological polar surface area (TPSA) is 99.1 Å². The van der Waals surface area contributed by atoms with Gasteiger partial charge in [-0.1, -0.05) is 42.3 Å². The quantitative estimate of drug-likeness (QED) is 0.837. The number of aromatic nitrogens is 2. The largest absolute Gasteiger partial charge is 0.339 e. The van der Waals surface area contributed by atoms with Crippen molar-refractivity contribution in [1.82, 2.24) is 10.1 Å². The Morgan fingerprint density at radius 1 is 1.17 bits per heavy atom. The summed E-state index contributed by atoms with van der Waals surface area (Å²) in [6, 6.07) is 7.59. The Morgan fingerprint density at radius 3 is 2.46 bits per heavy atom. The Labute approximate surface area is 148 Å². The van der Waals surface area contributed by atoms with Gasteiger partial charge < -0.3 is 10.3 Å². The Bertz CT molecular complexity index is 753. The highest BCUT2D eigenvalue weighted by atomic mass is 35.5. The SMILES string of the molecule is Cl.NCc1ccc(-c2noc(CCS(=O)(=O)C3CCCC3)n2)cc1. The molecule has 1 aliphatic carbocycles. The van der Waals surface area contributed by atoms with Crippen LogP contribution in [0.5, 0.6) is 0 Å². The molecule has 3 rings (SSSR count). The summed E-state index contributed by atoms with van der Waals surface area (Å²) in [5.74, 6) is 0.914. The molecule has 0 bridgehead atoms. The first-order valence-electron chi connectivity index (χ1n) is 7.92. The lowest BCUT2D eigenvalue weighted by Gasteiger charge is -2.09. The molecule has 1 heterocycles. The van der Waals surface area contributed by atoms with Crippen molar-refractivity contribution >= 4 is 22.2 Å². The molecule has 0 atom stereocenters. The second-order valence-corrected chi connectivity index (χ2v) is 8.34. The molecule has 0 unspecified atom stereocenters. The van der Waals surface area contributed by atoms with Crippen LogP contribution in [0.25, 0.3) is 11.4 Å². The van der Waals surface area contributed by atoms with Gasteiger partial charge in [0.05, 0.1) is 11.0 Å². The van der Waals surface area contributed by atoms with Crippen molar-refractivity contribution in [2.75, 3.05) is 5.75 Å². The van der Waals surface area contributed by atoms with Crippen molar-refractivity contribution in [3.8, 4) is 11.4 Å². The first-order chi connectivity index (χ1) is 11.1. The van der Waals surface area contributed by atoms with Crippen molar-refractivity contribution < 1.29 is 12.9 Å². The average molecular weight is 372 g/mol. The van der Waals surface area contributed by atoms with Gasteiger partial charge >= 0.3 is 0 Å². The van der Waals surface area contributed by atoms with Crippen LogP contribution in [0.15, 0.2) is 28.8 Å². The molecule has 0 saturated heterocycles. The molecule has 24 heavy (non-hydrogen) atoms. The predicted octanol–water partition coefficient (Wildman–Crippen LogP) is 2.52. The zero-order chi connectivity index (χ0) is 16.3. The van der Waals surface area contributed by atoms with E-state index in [2.05, 4.69) is 10.1 Å². The third kappa shape index (κ3) is 4.34. The normalized spacial score (nSPS) is 15.4. The van der Waals surface area contributed by atoms with Crippen LogP contribution in [0, 0.1) is 0 Å². The minimum atomic E-state index is -3.06. The summed E-state index contributed by atoms with van der Waals surface area (Å²) in [6.07, 6.45) is 3.85. The number of halogens is 1. The van der Waals surface area contributed by atoms with E-state index in [1.807, 2.05) is 24.3 Å². The smallest absolute Gasteiger partial charge is 0.227 e. The maximum atomic E-state index is 12.3. The first kappa shape index (κ1) is 18.9. The molecular weight excluding hydrogens is 350 g/mol. The molecule has 1 aromatic carbocycles. The van der Waals surface area contributed by atoms with Crippen LogP contribution in [0.4, 0.5) is 0 Å². The van der Waals surface area contributed by atoms with Gasteiger partial charge in [0.15, 0.2) is 9.84 Å². The van der Waals surface area contributed by atoms with Crippen LogP contribution in [-0.2, 0) is 22.8 Å². The lowest BCUT2D eigenvalue weighted by molar-refractivity contribution is 0.382. The highest BCUT2D eigenvalue weighted by molar-refractivity contribution is 7.92. The van der Waals surface area contributed by atoms with E-state index >= 15 is 0 Å². The van der Waals surface area contributed by atoms with E-state index in [1.54, 1.807) is 0 Å². The number of aryl methyl sites for hydroxylation is 1. The number of sulfone groups is 1. The van der Waals surface area contributed by atoms with Crippen molar-refractivity contribution in [3.05, 3.63) is 35.7 Å². The zero-order valence-electron chi connectivity index (χ0n) is 13.3. The molecule has 1 fully saturated rings. The van der Waals surface area contributed by atoms with E-state index in [1.165, 1.54) is 0 Å². The standard InChI is InChI=1S/C16H21N3O3S.ClH/c17-11-12-5-7-13(8-6-12)16-18-15(22-19-16)9-10-23(20,21)14-3-1-2-4-14;/h5-8,14H,1-4,9-11,17H2;1H. The molecule has 0 aliphatic heterocycles. The Balaban J connectivity index is 0.00000208. The molecule has 1 saturated carbocycles. The second kappa shape index (κ2) is 8.09. The number of rotatable bonds is 6. The van der Waals surface area contributed by atoms with Crippen molar-refractivity contribution in [2.45, 2.75) is 43.9 Å². The van der Waals surface area contributed by atoms with Gasteiger partial charge in [-0.3, -0.25) is 0 Å². The van der Waals surface area contributed by atoms with E-state index in [9.17, 15) is 8.42 Å².